The minimum atomic E-state index is -0.170. The number of rotatable bonds is 5. The summed E-state index contributed by atoms with van der Waals surface area (Å²) < 4.78 is 5.75. The van der Waals surface area contributed by atoms with Crippen molar-refractivity contribution < 1.29 is 9.53 Å². The molecule has 0 atom stereocenters. The molecular weight excluding hydrogens is 226 g/mol. The number of nitrogens with one attached hydrogen (secondary N) is 1. The molecule has 0 aliphatic heterocycles. The monoisotopic (exact) mass is 249 g/mol. The summed E-state index contributed by atoms with van der Waals surface area (Å²) in [6.45, 7) is 8.63. The van der Waals surface area contributed by atoms with Crippen LogP contribution in [0.2, 0.25) is 0 Å². The summed E-state index contributed by atoms with van der Waals surface area (Å²) in [5.74, 6) is 0.978. The highest BCUT2D eigenvalue weighted by Gasteiger charge is 2.11. The van der Waals surface area contributed by atoms with E-state index in [0.29, 0.717) is 13.0 Å². The van der Waals surface area contributed by atoms with Gasteiger partial charge in [-0.15, -0.1) is 0 Å². The summed E-state index contributed by atoms with van der Waals surface area (Å²) in [6, 6.07) is 8.03. The Hall–Kier alpha value is -1.51. The van der Waals surface area contributed by atoms with Gasteiger partial charge in [-0.1, -0.05) is 19.1 Å². The molecule has 1 aromatic carbocycles. The molecule has 18 heavy (non-hydrogen) atoms. The standard InChI is InChI=1S/C15H23NO2/c1-5-14(17)16-11-10-12-6-8-13(9-7-12)18-15(2,3)4/h6-9H,5,10-11H2,1-4H3,(H,16,17). The number of hydrogen-bond acceptors (Lipinski definition) is 2. The van der Waals surface area contributed by atoms with E-state index in [-0.39, 0.29) is 11.5 Å². The molecule has 0 saturated heterocycles. The lowest BCUT2D eigenvalue weighted by Crippen LogP contribution is -2.24. The zero-order chi connectivity index (χ0) is 13.6. The Morgan fingerprint density at radius 2 is 1.83 bits per heavy atom. The summed E-state index contributed by atoms with van der Waals surface area (Å²) in [5, 5.41) is 2.86. The second kappa shape index (κ2) is 6.43. The molecule has 3 nitrogen and oxygen atoms in total. The molecule has 0 bridgehead atoms. The fourth-order valence-corrected chi connectivity index (χ4v) is 1.55. The largest absolute Gasteiger partial charge is 0.488 e. The van der Waals surface area contributed by atoms with Crippen LogP contribution >= 0.6 is 0 Å². The van der Waals surface area contributed by atoms with Crippen molar-refractivity contribution in [2.45, 2.75) is 46.1 Å². The first-order chi connectivity index (χ1) is 8.40. The van der Waals surface area contributed by atoms with Gasteiger partial charge in [0, 0.05) is 13.0 Å². The lowest BCUT2D eigenvalue weighted by Gasteiger charge is -2.21. The Bertz CT molecular complexity index is 376. The minimum absolute atomic E-state index is 0.0997. The molecule has 0 saturated carbocycles. The Kier molecular flexibility index (Phi) is 5.20. The third-order valence-corrected chi connectivity index (χ3v) is 2.40. The van der Waals surface area contributed by atoms with Crippen molar-refractivity contribution in [3.05, 3.63) is 29.8 Å². The van der Waals surface area contributed by atoms with Gasteiger partial charge in [-0.25, -0.2) is 0 Å². The molecule has 0 spiro atoms. The highest BCUT2D eigenvalue weighted by molar-refractivity contribution is 5.75. The van der Waals surface area contributed by atoms with Crippen molar-refractivity contribution in [2.75, 3.05) is 6.54 Å². The summed E-state index contributed by atoms with van der Waals surface area (Å²) in [6.07, 6.45) is 1.39. The molecule has 0 fully saturated rings. The molecular formula is C15H23NO2. The van der Waals surface area contributed by atoms with Crippen LogP contribution in [0.25, 0.3) is 0 Å². The van der Waals surface area contributed by atoms with Crippen molar-refractivity contribution in [1.82, 2.24) is 5.32 Å². The van der Waals surface area contributed by atoms with E-state index in [1.165, 1.54) is 5.56 Å². The first-order valence-corrected chi connectivity index (χ1v) is 6.45. The van der Waals surface area contributed by atoms with Gasteiger partial charge in [0.05, 0.1) is 0 Å². The van der Waals surface area contributed by atoms with Crippen LogP contribution < -0.4 is 10.1 Å². The normalized spacial score (nSPS) is 11.1. The molecule has 1 N–H and O–H groups in total. The lowest BCUT2D eigenvalue weighted by atomic mass is 10.1. The Labute approximate surface area is 110 Å². The van der Waals surface area contributed by atoms with Gasteiger partial charge in [0.15, 0.2) is 0 Å². The van der Waals surface area contributed by atoms with Crippen molar-refractivity contribution in [2.24, 2.45) is 0 Å². The van der Waals surface area contributed by atoms with E-state index in [1.54, 1.807) is 0 Å². The average Bonchev–Trinajstić information content (AvgIpc) is 2.29. The molecule has 1 aromatic rings. The zero-order valence-electron chi connectivity index (χ0n) is 11.7. The molecule has 1 amide bonds. The molecule has 0 aromatic heterocycles. The summed E-state index contributed by atoms with van der Waals surface area (Å²) in [5.41, 5.74) is 1.03. The number of hydrogen-bond donors (Lipinski definition) is 1. The van der Waals surface area contributed by atoms with Gasteiger partial charge in [0.2, 0.25) is 5.91 Å². The maximum absolute atomic E-state index is 11.1. The Morgan fingerprint density at radius 3 is 2.33 bits per heavy atom. The molecule has 0 unspecified atom stereocenters. The zero-order valence-corrected chi connectivity index (χ0v) is 11.7. The third kappa shape index (κ3) is 5.71. The number of carbonyl (C=O) groups excluding carboxylic acids is 1. The van der Waals surface area contributed by atoms with E-state index in [1.807, 2.05) is 52.0 Å². The highest BCUT2D eigenvalue weighted by Crippen LogP contribution is 2.18. The van der Waals surface area contributed by atoms with Crippen molar-refractivity contribution in [3.63, 3.8) is 0 Å². The predicted molar refractivity (Wildman–Crippen MR) is 73.8 cm³/mol. The highest BCUT2D eigenvalue weighted by atomic mass is 16.5. The smallest absolute Gasteiger partial charge is 0.219 e. The number of benzene rings is 1. The topological polar surface area (TPSA) is 38.3 Å². The fourth-order valence-electron chi connectivity index (χ4n) is 1.55. The molecule has 0 radical (unpaired) electrons. The van der Waals surface area contributed by atoms with Gasteiger partial charge in [0.25, 0.3) is 0 Å². The van der Waals surface area contributed by atoms with Crippen LogP contribution in [0.1, 0.15) is 39.7 Å². The summed E-state index contributed by atoms with van der Waals surface area (Å²) >= 11 is 0. The first-order valence-electron chi connectivity index (χ1n) is 6.45. The number of amides is 1. The van der Waals surface area contributed by atoms with Crippen molar-refractivity contribution in [3.8, 4) is 5.75 Å². The second-order valence-corrected chi connectivity index (χ2v) is 5.31. The molecule has 0 aliphatic rings. The van der Waals surface area contributed by atoms with Crippen LogP contribution in [0.3, 0.4) is 0 Å². The lowest BCUT2D eigenvalue weighted by molar-refractivity contribution is -0.120. The number of carbonyl (C=O) groups is 1. The van der Waals surface area contributed by atoms with Gasteiger partial charge in [-0.05, 0) is 44.9 Å². The SMILES string of the molecule is CCC(=O)NCCc1ccc(OC(C)(C)C)cc1. The van der Waals surface area contributed by atoms with E-state index >= 15 is 0 Å². The molecule has 100 valence electrons. The van der Waals surface area contributed by atoms with Crippen LogP contribution in [0, 0.1) is 0 Å². The van der Waals surface area contributed by atoms with Gasteiger partial charge in [-0.3, -0.25) is 4.79 Å². The fraction of sp³-hybridized carbons (Fsp3) is 0.533. The molecule has 0 heterocycles. The van der Waals surface area contributed by atoms with Crippen molar-refractivity contribution in [1.29, 1.82) is 0 Å². The van der Waals surface area contributed by atoms with Crippen LogP contribution in [-0.4, -0.2) is 18.1 Å². The summed E-state index contributed by atoms with van der Waals surface area (Å²) in [7, 11) is 0. The third-order valence-electron chi connectivity index (χ3n) is 2.40. The average molecular weight is 249 g/mol. The van der Waals surface area contributed by atoms with Gasteiger partial charge >= 0.3 is 0 Å². The first kappa shape index (κ1) is 14.6. The Morgan fingerprint density at radius 1 is 1.22 bits per heavy atom. The van der Waals surface area contributed by atoms with Crippen LogP contribution in [0.5, 0.6) is 5.75 Å². The second-order valence-electron chi connectivity index (χ2n) is 5.31. The van der Waals surface area contributed by atoms with Crippen molar-refractivity contribution >= 4 is 5.91 Å². The predicted octanol–water partition coefficient (Wildman–Crippen LogP) is 2.93. The van der Waals surface area contributed by atoms with E-state index in [2.05, 4.69) is 5.32 Å². The van der Waals surface area contributed by atoms with E-state index in [0.717, 1.165) is 12.2 Å². The minimum Gasteiger partial charge on any atom is -0.488 e. The van der Waals surface area contributed by atoms with Gasteiger partial charge < -0.3 is 10.1 Å². The molecule has 1 rings (SSSR count). The van der Waals surface area contributed by atoms with Crippen LogP contribution in [-0.2, 0) is 11.2 Å². The van der Waals surface area contributed by atoms with Gasteiger partial charge in [-0.2, -0.15) is 0 Å². The summed E-state index contributed by atoms with van der Waals surface area (Å²) in [4.78, 5) is 11.1. The maximum atomic E-state index is 11.1. The van der Waals surface area contributed by atoms with Crippen LogP contribution in [0.15, 0.2) is 24.3 Å². The van der Waals surface area contributed by atoms with Crippen LogP contribution in [0.4, 0.5) is 0 Å². The molecule has 0 aliphatic carbocycles. The number of ether oxygens (including phenoxy) is 1. The van der Waals surface area contributed by atoms with E-state index < -0.39 is 0 Å². The van der Waals surface area contributed by atoms with E-state index in [4.69, 9.17) is 4.74 Å². The van der Waals surface area contributed by atoms with Gasteiger partial charge in [0.1, 0.15) is 11.4 Å². The Balaban J connectivity index is 2.43. The van der Waals surface area contributed by atoms with E-state index in [9.17, 15) is 4.79 Å². The molecule has 3 heteroatoms. The maximum Gasteiger partial charge on any atom is 0.219 e. The quantitative estimate of drug-likeness (QED) is 0.871.